The topological polar surface area (TPSA) is 105 Å². The normalized spacial score (nSPS) is 14.3. The van der Waals surface area contributed by atoms with Gasteiger partial charge in [0.2, 0.25) is 5.91 Å². The average molecular weight is 353 g/mol. The van der Waals surface area contributed by atoms with Gasteiger partial charge in [0.25, 0.3) is 0 Å². The van der Waals surface area contributed by atoms with E-state index in [0.29, 0.717) is 23.5 Å². The number of benzene rings is 1. The molecule has 0 radical (unpaired) electrons. The highest BCUT2D eigenvalue weighted by molar-refractivity contribution is 5.83. The number of ether oxygens (including phenoxy) is 2. The second-order valence-corrected chi connectivity index (χ2v) is 5.93. The number of methoxy groups -OCH3 is 2. The van der Waals surface area contributed by atoms with Crippen LogP contribution in [0.1, 0.15) is 44.8 Å². The average Bonchev–Trinajstić information content (AvgIpc) is 2.62. The predicted molar refractivity (Wildman–Crippen MR) is 92.8 cm³/mol. The second kappa shape index (κ2) is 9.88. The van der Waals surface area contributed by atoms with Crippen molar-refractivity contribution in [2.24, 2.45) is 5.92 Å². The van der Waals surface area contributed by atoms with Crippen molar-refractivity contribution in [3.05, 3.63) is 23.8 Å². The van der Waals surface area contributed by atoms with Crippen LogP contribution in [0.2, 0.25) is 0 Å². The van der Waals surface area contributed by atoms with E-state index in [2.05, 4.69) is 5.32 Å². The van der Waals surface area contributed by atoms with Gasteiger partial charge in [-0.15, -0.1) is 0 Å². The van der Waals surface area contributed by atoms with Crippen LogP contribution in [0.15, 0.2) is 18.2 Å². The molecule has 0 spiro atoms. The SMILES string of the molecule is CCC(C)C(NC(=O)CCC(O)c1ccc(OC)cc1OC)C(=O)O. The van der Waals surface area contributed by atoms with Gasteiger partial charge in [0.05, 0.1) is 20.3 Å². The number of aliphatic hydroxyl groups is 1. The Morgan fingerprint density at radius 3 is 2.44 bits per heavy atom. The van der Waals surface area contributed by atoms with Crippen molar-refractivity contribution in [2.45, 2.75) is 45.3 Å². The maximum absolute atomic E-state index is 12.0. The van der Waals surface area contributed by atoms with Gasteiger partial charge < -0.3 is 25.0 Å². The molecule has 1 aromatic carbocycles. The maximum atomic E-state index is 12.0. The first kappa shape index (κ1) is 20.8. The van der Waals surface area contributed by atoms with Crippen LogP contribution in [0.5, 0.6) is 11.5 Å². The third kappa shape index (κ3) is 5.94. The fraction of sp³-hybridized carbons (Fsp3) is 0.556. The van der Waals surface area contributed by atoms with Gasteiger partial charge in [-0.2, -0.15) is 0 Å². The lowest BCUT2D eigenvalue weighted by Crippen LogP contribution is -2.45. The van der Waals surface area contributed by atoms with Crippen molar-refractivity contribution in [3.63, 3.8) is 0 Å². The van der Waals surface area contributed by atoms with E-state index in [1.54, 1.807) is 25.1 Å². The van der Waals surface area contributed by atoms with Crippen LogP contribution in [0.25, 0.3) is 0 Å². The molecule has 0 aliphatic carbocycles. The highest BCUT2D eigenvalue weighted by Gasteiger charge is 2.25. The molecule has 1 aromatic rings. The lowest BCUT2D eigenvalue weighted by Gasteiger charge is -2.21. The lowest BCUT2D eigenvalue weighted by molar-refractivity contribution is -0.143. The van der Waals surface area contributed by atoms with Gasteiger partial charge in [-0.05, 0) is 24.5 Å². The summed E-state index contributed by atoms with van der Waals surface area (Å²) in [6.45, 7) is 3.64. The Morgan fingerprint density at radius 2 is 1.92 bits per heavy atom. The number of carbonyl (C=O) groups is 2. The molecule has 0 aromatic heterocycles. The number of amides is 1. The first-order valence-corrected chi connectivity index (χ1v) is 8.26. The Morgan fingerprint density at radius 1 is 1.24 bits per heavy atom. The molecule has 3 atom stereocenters. The number of carboxylic acid groups (broad SMARTS) is 1. The molecular weight excluding hydrogens is 326 g/mol. The van der Waals surface area contributed by atoms with Crippen LogP contribution in [0.4, 0.5) is 0 Å². The van der Waals surface area contributed by atoms with Gasteiger partial charge >= 0.3 is 5.97 Å². The molecule has 0 bridgehead atoms. The van der Waals surface area contributed by atoms with Crippen LogP contribution < -0.4 is 14.8 Å². The minimum atomic E-state index is -1.06. The van der Waals surface area contributed by atoms with Crippen molar-refractivity contribution in [3.8, 4) is 11.5 Å². The fourth-order valence-electron chi connectivity index (χ4n) is 2.45. The van der Waals surface area contributed by atoms with Gasteiger partial charge in [0.1, 0.15) is 17.5 Å². The summed E-state index contributed by atoms with van der Waals surface area (Å²) in [5.41, 5.74) is 0.549. The molecule has 0 heterocycles. The molecule has 25 heavy (non-hydrogen) atoms. The van der Waals surface area contributed by atoms with E-state index < -0.39 is 24.0 Å². The summed E-state index contributed by atoms with van der Waals surface area (Å²) in [6.07, 6.45) is -0.0978. The van der Waals surface area contributed by atoms with E-state index >= 15 is 0 Å². The molecule has 7 heteroatoms. The zero-order chi connectivity index (χ0) is 19.0. The molecule has 3 N–H and O–H groups in total. The third-order valence-corrected chi connectivity index (χ3v) is 4.24. The summed E-state index contributed by atoms with van der Waals surface area (Å²) in [7, 11) is 3.02. The molecule has 0 aliphatic heterocycles. The highest BCUT2D eigenvalue weighted by Crippen LogP contribution is 2.31. The van der Waals surface area contributed by atoms with Crippen molar-refractivity contribution >= 4 is 11.9 Å². The Bertz CT molecular complexity index is 589. The zero-order valence-corrected chi connectivity index (χ0v) is 15.1. The van der Waals surface area contributed by atoms with Gasteiger partial charge in [-0.25, -0.2) is 4.79 Å². The molecule has 0 aliphatic rings. The summed E-state index contributed by atoms with van der Waals surface area (Å²) in [4.78, 5) is 23.3. The zero-order valence-electron chi connectivity index (χ0n) is 15.1. The number of nitrogens with one attached hydrogen (secondary N) is 1. The lowest BCUT2D eigenvalue weighted by atomic mass is 9.98. The molecule has 1 rings (SSSR count). The van der Waals surface area contributed by atoms with Crippen molar-refractivity contribution in [1.82, 2.24) is 5.32 Å². The number of hydrogen-bond acceptors (Lipinski definition) is 5. The third-order valence-electron chi connectivity index (χ3n) is 4.24. The van der Waals surface area contributed by atoms with E-state index in [0.717, 1.165) is 0 Å². The number of carboxylic acids is 1. The summed E-state index contributed by atoms with van der Waals surface area (Å²) < 4.78 is 10.3. The summed E-state index contributed by atoms with van der Waals surface area (Å²) in [5, 5.41) is 22.1. The number of rotatable bonds is 10. The van der Waals surface area contributed by atoms with Crippen LogP contribution in [-0.4, -0.2) is 42.4 Å². The Balaban J connectivity index is 2.68. The van der Waals surface area contributed by atoms with Crippen molar-refractivity contribution in [2.75, 3.05) is 14.2 Å². The van der Waals surface area contributed by atoms with Crippen LogP contribution in [0.3, 0.4) is 0 Å². The Kier molecular flexibility index (Phi) is 8.21. The van der Waals surface area contributed by atoms with Crippen LogP contribution in [-0.2, 0) is 9.59 Å². The maximum Gasteiger partial charge on any atom is 0.326 e. The van der Waals surface area contributed by atoms with Gasteiger partial charge in [0, 0.05) is 18.1 Å². The first-order valence-electron chi connectivity index (χ1n) is 8.26. The van der Waals surface area contributed by atoms with Crippen LogP contribution >= 0.6 is 0 Å². The minimum Gasteiger partial charge on any atom is -0.497 e. The van der Waals surface area contributed by atoms with Gasteiger partial charge in [-0.3, -0.25) is 4.79 Å². The molecule has 140 valence electrons. The smallest absolute Gasteiger partial charge is 0.326 e. The molecular formula is C18H27NO6. The Labute approximate surface area is 147 Å². The van der Waals surface area contributed by atoms with Crippen LogP contribution in [0, 0.1) is 5.92 Å². The monoisotopic (exact) mass is 353 g/mol. The van der Waals surface area contributed by atoms with E-state index in [1.165, 1.54) is 14.2 Å². The molecule has 1 amide bonds. The Hall–Kier alpha value is -2.28. The molecule has 7 nitrogen and oxygen atoms in total. The number of aliphatic carboxylic acids is 1. The van der Waals surface area contributed by atoms with Crippen molar-refractivity contribution < 1.29 is 29.3 Å². The summed E-state index contributed by atoms with van der Waals surface area (Å²) >= 11 is 0. The number of aliphatic hydroxyl groups excluding tert-OH is 1. The van der Waals surface area contributed by atoms with Crippen molar-refractivity contribution in [1.29, 1.82) is 0 Å². The fourth-order valence-corrected chi connectivity index (χ4v) is 2.45. The molecule has 0 fully saturated rings. The van der Waals surface area contributed by atoms with E-state index in [-0.39, 0.29) is 18.8 Å². The second-order valence-electron chi connectivity index (χ2n) is 5.93. The van der Waals surface area contributed by atoms with E-state index in [4.69, 9.17) is 9.47 Å². The summed E-state index contributed by atoms with van der Waals surface area (Å²) in [6, 6.07) is 4.11. The summed E-state index contributed by atoms with van der Waals surface area (Å²) in [5.74, 6) is -0.564. The van der Waals surface area contributed by atoms with E-state index in [9.17, 15) is 19.8 Å². The van der Waals surface area contributed by atoms with Gasteiger partial charge in [-0.1, -0.05) is 20.3 Å². The minimum absolute atomic E-state index is 0.0105. The largest absolute Gasteiger partial charge is 0.497 e. The highest BCUT2D eigenvalue weighted by atomic mass is 16.5. The standard InChI is InChI=1S/C18H27NO6/c1-5-11(2)17(18(22)23)19-16(21)9-8-14(20)13-7-6-12(24-3)10-15(13)25-4/h6-7,10-11,14,17,20H,5,8-9H2,1-4H3,(H,19,21)(H,22,23). The molecule has 0 saturated heterocycles. The molecule has 3 unspecified atom stereocenters. The quantitative estimate of drug-likeness (QED) is 0.595. The van der Waals surface area contributed by atoms with E-state index in [1.807, 2.05) is 6.92 Å². The number of carbonyl (C=O) groups excluding carboxylic acids is 1. The first-order chi connectivity index (χ1) is 11.8. The van der Waals surface area contributed by atoms with Gasteiger partial charge in [0.15, 0.2) is 0 Å². The number of hydrogen-bond donors (Lipinski definition) is 3. The molecule has 0 saturated carbocycles. The predicted octanol–water partition coefficient (Wildman–Crippen LogP) is 2.13.